The zero-order chi connectivity index (χ0) is 28.6. The van der Waals surface area contributed by atoms with Crippen LogP contribution >= 0.6 is 11.6 Å². The van der Waals surface area contributed by atoms with Crippen LogP contribution in [-0.2, 0) is 11.3 Å². The lowest BCUT2D eigenvalue weighted by molar-refractivity contribution is -0.132. The number of amides is 4. The average Bonchev–Trinajstić information content (AvgIpc) is 3.44. The van der Waals surface area contributed by atoms with Crippen LogP contribution in [0.1, 0.15) is 42.1 Å². The maximum Gasteiger partial charge on any atom is 0.318 e. The van der Waals surface area contributed by atoms with Crippen LogP contribution in [0.5, 0.6) is 0 Å². The molecular weight excluding hydrogens is 534 g/mol. The normalized spacial score (nSPS) is 16.9. The van der Waals surface area contributed by atoms with E-state index < -0.39 is 0 Å². The summed E-state index contributed by atoms with van der Waals surface area (Å²) < 4.78 is 0. The second-order valence-corrected chi connectivity index (χ2v) is 10.6. The Balaban J connectivity index is 1.46. The van der Waals surface area contributed by atoms with E-state index in [0.29, 0.717) is 17.1 Å². The first kappa shape index (κ1) is 29.6. The number of aliphatic hydroxyl groups excluding tert-OH is 2. The summed E-state index contributed by atoms with van der Waals surface area (Å²) in [6, 6.07) is 12.4. The number of nitrogens with one attached hydrogen (secondary N) is 1. The Hall–Kier alpha value is -3.34. The van der Waals surface area contributed by atoms with Crippen LogP contribution in [0.15, 0.2) is 42.5 Å². The zero-order valence-corrected chi connectivity index (χ0v) is 23.6. The highest BCUT2D eigenvalue weighted by atomic mass is 35.5. The molecule has 0 radical (unpaired) electrons. The Morgan fingerprint density at radius 2 is 1.75 bits per heavy atom. The molecule has 2 aliphatic heterocycles. The second-order valence-electron chi connectivity index (χ2n) is 10.2. The van der Waals surface area contributed by atoms with Crippen LogP contribution in [0.4, 0.5) is 16.2 Å². The Bertz CT molecular complexity index is 1200. The Morgan fingerprint density at radius 1 is 1.05 bits per heavy atom. The van der Waals surface area contributed by atoms with Crippen LogP contribution in [-0.4, -0.2) is 96.4 Å². The average molecular weight is 572 g/mol. The van der Waals surface area contributed by atoms with Gasteiger partial charge in [-0.1, -0.05) is 29.8 Å². The van der Waals surface area contributed by atoms with E-state index in [2.05, 4.69) is 10.2 Å². The van der Waals surface area contributed by atoms with Crippen molar-refractivity contribution in [3.05, 3.63) is 58.6 Å². The van der Waals surface area contributed by atoms with Crippen molar-refractivity contribution in [3.8, 4) is 0 Å². The van der Waals surface area contributed by atoms with Gasteiger partial charge in [0.25, 0.3) is 5.91 Å². The van der Waals surface area contributed by atoms with Gasteiger partial charge in [0.1, 0.15) is 0 Å². The number of carbonyl (C=O) groups excluding carboxylic acids is 3. The standard InChI is InChI=1S/C29H38ClN5O5/c1-21-19-35(28(39)24-9-8-23(18-25(24)30)32-12-4-5-13-32)26-7-3-2-6-22(26)20-34(21)29(40)31-11-10-27(38)33(14-16-36)15-17-37/h2-3,6-9,18,21,36-37H,4-5,10-17,19-20H2,1H3,(H,31,40)/t21-/m1/s1. The molecule has 0 aliphatic carbocycles. The molecule has 0 bridgehead atoms. The van der Waals surface area contributed by atoms with Gasteiger partial charge in [0.15, 0.2) is 0 Å². The van der Waals surface area contributed by atoms with E-state index in [-0.39, 0.29) is 69.7 Å². The molecule has 2 aromatic carbocycles. The fourth-order valence-electron chi connectivity index (χ4n) is 5.31. The van der Waals surface area contributed by atoms with Gasteiger partial charge in [-0.05, 0) is 49.6 Å². The van der Waals surface area contributed by atoms with Gasteiger partial charge in [0.2, 0.25) is 5.91 Å². The number of aliphatic hydroxyl groups is 2. The van der Waals surface area contributed by atoms with Crippen molar-refractivity contribution in [1.29, 1.82) is 0 Å². The highest BCUT2D eigenvalue weighted by molar-refractivity contribution is 6.35. The van der Waals surface area contributed by atoms with Gasteiger partial charge in [-0.15, -0.1) is 0 Å². The minimum absolute atomic E-state index is 0.0427. The first-order valence-electron chi connectivity index (χ1n) is 13.8. The molecule has 1 atom stereocenters. The summed E-state index contributed by atoms with van der Waals surface area (Å²) in [6.45, 7) is 4.38. The van der Waals surface area contributed by atoms with Crippen molar-refractivity contribution in [1.82, 2.24) is 15.1 Å². The van der Waals surface area contributed by atoms with Crippen LogP contribution in [0, 0.1) is 0 Å². The molecule has 3 N–H and O–H groups in total. The highest BCUT2D eigenvalue weighted by Gasteiger charge is 2.32. The number of fused-ring (bicyclic) bond motifs is 1. The summed E-state index contributed by atoms with van der Waals surface area (Å²) in [5.74, 6) is -0.486. The van der Waals surface area contributed by atoms with Crippen LogP contribution in [0.3, 0.4) is 0 Å². The summed E-state index contributed by atoms with van der Waals surface area (Å²) in [5, 5.41) is 21.5. The molecule has 4 rings (SSSR count). The second kappa shape index (κ2) is 13.8. The number of nitrogens with zero attached hydrogens (tertiary/aromatic N) is 4. The van der Waals surface area contributed by atoms with Crippen molar-refractivity contribution >= 4 is 40.8 Å². The molecule has 0 spiro atoms. The summed E-state index contributed by atoms with van der Waals surface area (Å²) in [5.41, 5.74) is 2.99. The van der Waals surface area contributed by atoms with Gasteiger partial charge in [-0.25, -0.2) is 4.79 Å². The minimum atomic E-state index is -0.340. The van der Waals surface area contributed by atoms with Crippen molar-refractivity contribution in [3.63, 3.8) is 0 Å². The molecule has 0 aromatic heterocycles. The lowest BCUT2D eigenvalue weighted by Gasteiger charge is -2.30. The predicted molar refractivity (Wildman–Crippen MR) is 155 cm³/mol. The van der Waals surface area contributed by atoms with Crippen LogP contribution < -0.4 is 15.1 Å². The number of hydrogen-bond donors (Lipinski definition) is 3. The SMILES string of the molecule is C[C@@H]1CN(C(=O)c2ccc(N3CCCC3)cc2Cl)c2ccccc2CN1C(=O)NCCC(=O)N(CCO)CCO. The van der Waals surface area contributed by atoms with E-state index in [4.69, 9.17) is 21.8 Å². The predicted octanol–water partition coefficient (Wildman–Crippen LogP) is 2.70. The van der Waals surface area contributed by atoms with Crippen LogP contribution in [0.25, 0.3) is 0 Å². The number of carbonyl (C=O) groups is 3. The third-order valence-corrected chi connectivity index (χ3v) is 7.78. The molecule has 0 unspecified atom stereocenters. The number of hydrogen-bond acceptors (Lipinski definition) is 6. The fourth-order valence-corrected chi connectivity index (χ4v) is 5.56. The highest BCUT2D eigenvalue weighted by Crippen LogP contribution is 2.32. The number of para-hydroxylation sites is 1. The smallest absolute Gasteiger partial charge is 0.318 e. The first-order valence-corrected chi connectivity index (χ1v) is 14.2. The van der Waals surface area contributed by atoms with Gasteiger partial charge in [0.05, 0.1) is 23.8 Å². The topological polar surface area (TPSA) is 117 Å². The quantitative estimate of drug-likeness (QED) is 0.426. The number of halogens is 1. The zero-order valence-electron chi connectivity index (χ0n) is 22.9. The largest absolute Gasteiger partial charge is 0.395 e. The van der Waals surface area contributed by atoms with Crippen molar-refractivity contribution in [2.75, 3.05) is 62.3 Å². The first-order chi connectivity index (χ1) is 19.3. The van der Waals surface area contributed by atoms with Crippen LogP contribution in [0.2, 0.25) is 5.02 Å². The van der Waals surface area contributed by atoms with Crippen molar-refractivity contribution < 1.29 is 24.6 Å². The van der Waals surface area contributed by atoms with E-state index in [0.717, 1.165) is 42.9 Å². The van der Waals surface area contributed by atoms with Gasteiger partial charge in [0, 0.05) is 69.7 Å². The lowest BCUT2D eigenvalue weighted by Crippen LogP contribution is -2.48. The molecule has 40 heavy (non-hydrogen) atoms. The van der Waals surface area contributed by atoms with E-state index in [9.17, 15) is 14.4 Å². The van der Waals surface area contributed by atoms with E-state index >= 15 is 0 Å². The Labute approximate surface area is 240 Å². The third kappa shape index (κ3) is 6.86. The molecule has 10 nitrogen and oxygen atoms in total. The molecular formula is C29H38ClN5O5. The summed E-state index contributed by atoms with van der Waals surface area (Å²) in [7, 11) is 0. The Kier molecular flexibility index (Phi) is 10.2. The lowest BCUT2D eigenvalue weighted by atomic mass is 10.1. The van der Waals surface area contributed by atoms with E-state index in [1.165, 1.54) is 4.90 Å². The molecule has 2 heterocycles. The van der Waals surface area contributed by atoms with Crippen molar-refractivity contribution in [2.24, 2.45) is 0 Å². The molecule has 216 valence electrons. The molecule has 11 heteroatoms. The molecule has 0 saturated carbocycles. The van der Waals surface area contributed by atoms with E-state index in [1.807, 2.05) is 43.3 Å². The number of anilines is 2. The van der Waals surface area contributed by atoms with Gasteiger partial charge < -0.3 is 35.1 Å². The van der Waals surface area contributed by atoms with Gasteiger partial charge in [-0.2, -0.15) is 0 Å². The number of benzene rings is 2. The molecule has 1 fully saturated rings. The maximum absolute atomic E-state index is 13.8. The third-order valence-electron chi connectivity index (χ3n) is 7.47. The Morgan fingerprint density at radius 3 is 2.42 bits per heavy atom. The summed E-state index contributed by atoms with van der Waals surface area (Å²) in [4.78, 5) is 46.5. The summed E-state index contributed by atoms with van der Waals surface area (Å²) >= 11 is 6.64. The molecule has 2 aliphatic rings. The number of rotatable bonds is 9. The summed E-state index contributed by atoms with van der Waals surface area (Å²) in [6.07, 6.45) is 2.33. The molecule has 1 saturated heterocycles. The monoisotopic (exact) mass is 571 g/mol. The van der Waals surface area contributed by atoms with Gasteiger partial charge >= 0.3 is 6.03 Å². The minimum Gasteiger partial charge on any atom is -0.395 e. The maximum atomic E-state index is 13.8. The van der Waals surface area contributed by atoms with Crippen molar-refractivity contribution in [2.45, 2.75) is 38.8 Å². The molecule has 2 aromatic rings. The fraction of sp³-hybridized carbons (Fsp3) is 0.483. The van der Waals surface area contributed by atoms with Gasteiger partial charge in [-0.3, -0.25) is 9.59 Å². The number of urea groups is 1. The molecule has 4 amide bonds. The van der Waals surface area contributed by atoms with E-state index in [1.54, 1.807) is 15.9 Å².